The smallest absolute Gasteiger partial charge is 0.348 e. The van der Waals surface area contributed by atoms with E-state index in [9.17, 15) is 4.79 Å². The molecule has 0 aromatic carbocycles. The van der Waals surface area contributed by atoms with Crippen molar-refractivity contribution < 1.29 is 14.6 Å². The molecule has 0 bridgehead atoms. The first-order valence-corrected chi connectivity index (χ1v) is 4.55. The van der Waals surface area contributed by atoms with Gasteiger partial charge in [0.05, 0.1) is 0 Å². The molecule has 0 amide bonds. The highest BCUT2D eigenvalue weighted by molar-refractivity contribution is 5.74. The number of aliphatic hydroxyl groups excluding tert-OH is 1. The van der Waals surface area contributed by atoms with E-state index in [1.165, 1.54) is 6.92 Å². The van der Waals surface area contributed by atoms with Crippen LogP contribution in [0.4, 0.5) is 0 Å². The number of aliphatic hydroxyl groups is 1. The first-order valence-electron chi connectivity index (χ1n) is 4.55. The molecule has 0 aliphatic rings. The van der Waals surface area contributed by atoms with Crippen LogP contribution in [0.1, 0.15) is 39.5 Å². The third-order valence-electron chi connectivity index (χ3n) is 1.47. The lowest BCUT2D eigenvalue weighted by atomic mass is 10.2. The molecule has 74 valence electrons. The zero-order chi connectivity index (χ0) is 10.1. The van der Waals surface area contributed by atoms with E-state index in [4.69, 9.17) is 5.11 Å². The van der Waals surface area contributed by atoms with Gasteiger partial charge in [-0.3, -0.25) is 0 Å². The lowest BCUT2D eigenvalue weighted by Crippen LogP contribution is -2.16. The van der Waals surface area contributed by atoms with Crippen LogP contribution in [0.5, 0.6) is 0 Å². The molecule has 3 heteroatoms. The summed E-state index contributed by atoms with van der Waals surface area (Å²) >= 11 is 0. The van der Waals surface area contributed by atoms with Gasteiger partial charge in [0, 0.05) is 6.42 Å². The zero-order valence-corrected chi connectivity index (χ0v) is 8.17. The van der Waals surface area contributed by atoms with Gasteiger partial charge >= 0.3 is 5.97 Å². The van der Waals surface area contributed by atoms with Crippen LogP contribution in [0.2, 0.25) is 0 Å². The van der Waals surface area contributed by atoms with Gasteiger partial charge in [0.15, 0.2) is 0 Å². The average Bonchev–Trinajstić information content (AvgIpc) is 2.10. The molecule has 1 N–H and O–H groups in total. The van der Waals surface area contributed by atoms with E-state index in [0.717, 1.165) is 25.7 Å². The molecule has 0 aromatic heterocycles. The summed E-state index contributed by atoms with van der Waals surface area (Å²) in [5.41, 5.74) is 0. The second kappa shape index (κ2) is 7.63. The zero-order valence-electron chi connectivity index (χ0n) is 8.17. The molecule has 0 fully saturated rings. The Labute approximate surface area is 79.1 Å². The fourth-order valence-corrected chi connectivity index (χ4v) is 0.686. The van der Waals surface area contributed by atoms with Gasteiger partial charge in [-0.25, -0.2) is 4.79 Å². The maximum absolute atomic E-state index is 10.7. The lowest BCUT2D eigenvalue weighted by Gasteiger charge is -1.96. The van der Waals surface area contributed by atoms with Crippen molar-refractivity contribution in [3.8, 4) is 12.0 Å². The molecule has 0 aliphatic carbocycles. The first-order chi connectivity index (χ1) is 6.18. The van der Waals surface area contributed by atoms with Gasteiger partial charge in [0.25, 0.3) is 0 Å². The third kappa shape index (κ3) is 7.35. The normalized spacial score (nSPS) is 11.3. The number of carbonyl (C=O) groups excluding carboxylic acids is 1. The number of carbonyl (C=O) groups is 1. The standard InChI is InChI=1S/C10H16O3/c1-3-4-5-6-7-8-13-10(12)9(2)11/h9,11H,3-6H2,1-2H3. The number of hydrogen-bond acceptors (Lipinski definition) is 3. The van der Waals surface area contributed by atoms with E-state index in [1.807, 2.05) is 0 Å². The van der Waals surface area contributed by atoms with Crippen molar-refractivity contribution in [3.05, 3.63) is 0 Å². The van der Waals surface area contributed by atoms with Crippen LogP contribution in [0.15, 0.2) is 0 Å². The summed E-state index contributed by atoms with van der Waals surface area (Å²) in [4.78, 5) is 10.7. The Bertz CT molecular complexity index is 198. The van der Waals surface area contributed by atoms with Gasteiger partial charge in [-0.05, 0) is 13.3 Å². The molecule has 3 nitrogen and oxygen atoms in total. The Morgan fingerprint density at radius 2 is 2.23 bits per heavy atom. The van der Waals surface area contributed by atoms with E-state index in [0.29, 0.717) is 0 Å². The van der Waals surface area contributed by atoms with Crippen molar-refractivity contribution in [2.75, 3.05) is 0 Å². The van der Waals surface area contributed by atoms with E-state index in [2.05, 4.69) is 23.7 Å². The molecule has 1 unspecified atom stereocenters. The van der Waals surface area contributed by atoms with Gasteiger partial charge in [-0.2, -0.15) is 0 Å². The SMILES string of the molecule is CCCCCC#COC(=O)C(C)O. The Kier molecular flexibility index (Phi) is 7.04. The second-order valence-corrected chi connectivity index (χ2v) is 2.83. The van der Waals surface area contributed by atoms with Crippen molar-refractivity contribution in [1.82, 2.24) is 0 Å². The quantitative estimate of drug-likeness (QED) is 0.408. The van der Waals surface area contributed by atoms with Crippen LogP contribution in [0.3, 0.4) is 0 Å². The topological polar surface area (TPSA) is 46.5 Å². The van der Waals surface area contributed by atoms with Crippen LogP contribution in [-0.4, -0.2) is 17.2 Å². The van der Waals surface area contributed by atoms with E-state index in [-0.39, 0.29) is 0 Å². The molecule has 0 saturated heterocycles. The largest absolute Gasteiger partial charge is 0.382 e. The Morgan fingerprint density at radius 3 is 2.77 bits per heavy atom. The van der Waals surface area contributed by atoms with Crippen LogP contribution in [0.25, 0.3) is 0 Å². The number of hydrogen-bond donors (Lipinski definition) is 1. The Morgan fingerprint density at radius 1 is 1.54 bits per heavy atom. The van der Waals surface area contributed by atoms with Gasteiger partial charge in [-0.15, -0.1) is 0 Å². The van der Waals surface area contributed by atoms with E-state index in [1.54, 1.807) is 0 Å². The highest BCUT2D eigenvalue weighted by atomic mass is 16.5. The van der Waals surface area contributed by atoms with E-state index >= 15 is 0 Å². The van der Waals surface area contributed by atoms with Gasteiger partial charge in [-0.1, -0.05) is 25.7 Å². The second-order valence-electron chi connectivity index (χ2n) is 2.83. The number of unbranched alkanes of at least 4 members (excludes halogenated alkanes) is 3. The monoisotopic (exact) mass is 184 g/mol. The molecule has 0 rings (SSSR count). The molecular weight excluding hydrogens is 168 g/mol. The Balaban J connectivity index is 3.45. The minimum absolute atomic E-state index is 0.692. The minimum Gasteiger partial charge on any atom is -0.382 e. The molecular formula is C10H16O3. The number of esters is 1. The fourth-order valence-electron chi connectivity index (χ4n) is 0.686. The fraction of sp³-hybridized carbons (Fsp3) is 0.700. The summed E-state index contributed by atoms with van der Waals surface area (Å²) in [6, 6.07) is 0. The van der Waals surface area contributed by atoms with Crippen molar-refractivity contribution in [3.63, 3.8) is 0 Å². The Hall–Kier alpha value is -1.01. The summed E-state index contributed by atoms with van der Waals surface area (Å²) in [6.07, 6.45) is 5.22. The molecule has 0 aliphatic heterocycles. The third-order valence-corrected chi connectivity index (χ3v) is 1.47. The van der Waals surface area contributed by atoms with Crippen LogP contribution in [0, 0.1) is 12.0 Å². The number of rotatable bonds is 4. The molecule has 0 heterocycles. The van der Waals surface area contributed by atoms with Crippen molar-refractivity contribution in [1.29, 1.82) is 0 Å². The van der Waals surface area contributed by atoms with Gasteiger partial charge in [0.2, 0.25) is 0 Å². The molecule has 0 aromatic rings. The molecule has 13 heavy (non-hydrogen) atoms. The molecule has 1 atom stereocenters. The highest BCUT2D eigenvalue weighted by Gasteiger charge is 2.07. The molecule has 0 saturated carbocycles. The first kappa shape index (κ1) is 12.0. The van der Waals surface area contributed by atoms with Crippen LogP contribution in [-0.2, 0) is 9.53 Å². The summed E-state index contributed by atoms with van der Waals surface area (Å²) in [6.45, 7) is 3.46. The predicted octanol–water partition coefficient (Wildman–Crippen LogP) is 1.45. The summed E-state index contributed by atoms with van der Waals surface area (Å²) in [5, 5.41) is 8.72. The van der Waals surface area contributed by atoms with Crippen LogP contribution >= 0.6 is 0 Å². The van der Waals surface area contributed by atoms with Crippen molar-refractivity contribution in [2.45, 2.75) is 45.6 Å². The predicted molar refractivity (Wildman–Crippen MR) is 49.7 cm³/mol. The summed E-state index contributed by atoms with van der Waals surface area (Å²) in [5.74, 6) is 2.01. The average molecular weight is 184 g/mol. The van der Waals surface area contributed by atoms with Crippen LogP contribution < -0.4 is 0 Å². The maximum atomic E-state index is 10.7. The highest BCUT2D eigenvalue weighted by Crippen LogP contribution is 1.96. The minimum atomic E-state index is -1.09. The van der Waals surface area contributed by atoms with Crippen molar-refractivity contribution >= 4 is 5.97 Å². The molecule has 0 spiro atoms. The van der Waals surface area contributed by atoms with Gasteiger partial charge in [0.1, 0.15) is 12.2 Å². The maximum Gasteiger partial charge on any atom is 0.348 e. The molecule has 0 radical (unpaired) electrons. The van der Waals surface area contributed by atoms with Crippen molar-refractivity contribution in [2.24, 2.45) is 0 Å². The summed E-state index contributed by atoms with van der Waals surface area (Å²) < 4.78 is 4.43. The summed E-state index contributed by atoms with van der Waals surface area (Å²) in [7, 11) is 0. The lowest BCUT2D eigenvalue weighted by molar-refractivity contribution is -0.145. The number of ether oxygens (including phenoxy) is 1. The van der Waals surface area contributed by atoms with E-state index < -0.39 is 12.1 Å². The van der Waals surface area contributed by atoms with Gasteiger partial charge < -0.3 is 9.84 Å².